The van der Waals surface area contributed by atoms with Gasteiger partial charge in [-0.25, -0.2) is 4.21 Å². The van der Waals surface area contributed by atoms with Gasteiger partial charge in [-0.2, -0.15) is 0 Å². The number of rotatable bonds is 2. The summed E-state index contributed by atoms with van der Waals surface area (Å²) in [6.45, 7) is 0. The first-order valence-electron chi connectivity index (χ1n) is 3.19. The minimum absolute atomic E-state index is 0.680. The Bertz CT molecular complexity index is 305. The molecule has 12 heavy (non-hydrogen) atoms. The summed E-state index contributed by atoms with van der Waals surface area (Å²) in [6, 6.07) is 7.17. The van der Waals surface area contributed by atoms with Crippen LogP contribution in [-0.2, 0) is 10.0 Å². The Morgan fingerprint density at radius 3 is 2.33 bits per heavy atom. The molecule has 0 saturated heterocycles. The van der Waals surface area contributed by atoms with Crippen LogP contribution in [0.1, 0.15) is 5.56 Å². The molecular formula is C8H6Cl2OS. The van der Waals surface area contributed by atoms with Gasteiger partial charge in [-0.3, -0.25) is 0 Å². The Kier molecular flexibility index (Phi) is 3.79. The van der Waals surface area contributed by atoms with Crippen LogP contribution in [0.2, 0.25) is 5.02 Å². The summed E-state index contributed by atoms with van der Waals surface area (Å²) >= 11 is 5.66. The molecule has 0 aliphatic heterocycles. The first-order valence-corrected chi connectivity index (χ1v) is 5.61. The van der Waals surface area contributed by atoms with Crippen LogP contribution >= 0.6 is 22.3 Å². The van der Waals surface area contributed by atoms with Gasteiger partial charge < -0.3 is 0 Å². The van der Waals surface area contributed by atoms with Crippen molar-refractivity contribution >= 4 is 38.4 Å². The lowest BCUT2D eigenvalue weighted by Gasteiger charge is -1.91. The third-order valence-electron chi connectivity index (χ3n) is 1.24. The van der Waals surface area contributed by atoms with E-state index in [0.717, 1.165) is 5.56 Å². The molecule has 0 heterocycles. The third-order valence-corrected chi connectivity index (χ3v) is 2.15. The van der Waals surface area contributed by atoms with E-state index in [1.807, 2.05) is 12.1 Å². The molecule has 0 bridgehead atoms. The number of halogens is 2. The topological polar surface area (TPSA) is 17.1 Å². The van der Waals surface area contributed by atoms with Gasteiger partial charge in [0.05, 0.1) is 0 Å². The molecule has 0 aromatic heterocycles. The Hall–Kier alpha value is -0.310. The van der Waals surface area contributed by atoms with Crippen LogP contribution in [0.15, 0.2) is 29.7 Å². The molecule has 1 atom stereocenters. The molecule has 0 fully saturated rings. The standard InChI is InChI=1S/C8H6Cl2OS/c9-8-3-1-7(2-4-8)5-6-12(10)11/h1-6H. The van der Waals surface area contributed by atoms with E-state index in [9.17, 15) is 4.21 Å². The molecule has 0 amide bonds. The van der Waals surface area contributed by atoms with Gasteiger partial charge in [-0.1, -0.05) is 23.7 Å². The van der Waals surface area contributed by atoms with Crippen molar-refractivity contribution in [2.45, 2.75) is 0 Å². The molecule has 64 valence electrons. The van der Waals surface area contributed by atoms with Gasteiger partial charge in [0.2, 0.25) is 0 Å². The van der Waals surface area contributed by atoms with Crippen LogP contribution in [0.4, 0.5) is 0 Å². The van der Waals surface area contributed by atoms with Crippen LogP contribution in [0, 0.1) is 0 Å². The second-order valence-electron chi connectivity index (χ2n) is 2.10. The molecule has 0 aliphatic rings. The maximum atomic E-state index is 10.4. The summed E-state index contributed by atoms with van der Waals surface area (Å²) < 4.78 is 10.4. The van der Waals surface area contributed by atoms with Crippen LogP contribution in [-0.4, -0.2) is 4.21 Å². The zero-order valence-electron chi connectivity index (χ0n) is 6.04. The van der Waals surface area contributed by atoms with Gasteiger partial charge in [-0.05, 0) is 34.5 Å². The molecule has 1 unspecified atom stereocenters. The van der Waals surface area contributed by atoms with Gasteiger partial charge in [0.15, 0.2) is 0 Å². The van der Waals surface area contributed by atoms with Crippen LogP contribution in [0.3, 0.4) is 0 Å². The summed E-state index contributed by atoms with van der Waals surface area (Å²) in [7, 11) is 3.81. The zero-order chi connectivity index (χ0) is 8.97. The van der Waals surface area contributed by atoms with Crippen molar-refractivity contribution < 1.29 is 4.21 Å². The van der Waals surface area contributed by atoms with Crippen LogP contribution in [0.25, 0.3) is 6.08 Å². The second kappa shape index (κ2) is 4.65. The largest absolute Gasteiger partial charge is 0.238 e. The normalized spacial score (nSPS) is 13.5. The third kappa shape index (κ3) is 3.39. The lowest BCUT2D eigenvalue weighted by atomic mass is 10.2. The van der Waals surface area contributed by atoms with E-state index < -0.39 is 10.0 Å². The lowest BCUT2D eigenvalue weighted by molar-refractivity contribution is 0.696. The summed E-state index contributed by atoms with van der Waals surface area (Å²) in [4.78, 5) is 0. The van der Waals surface area contributed by atoms with Crippen molar-refractivity contribution in [2.75, 3.05) is 0 Å². The lowest BCUT2D eigenvalue weighted by Crippen LogP contribution is -1.71. The van der Waals surface area contributed by atoms with Gasteiger partial charge in [0.1, 0.15) is 10.0 Å². The molecule has 1 aromatic rings. The quantitative estimate of drug-likeness (QED) is 0.700. The maximum Gasteiger partial charge on any atom is 0.140 e. The SMILES string of the molecule is O=S(Cl)C=Cc1ccc(Cl)cc1. The first-order chi connectivity index (χ1) is 5.68. The highest BCUT2D eigenvalue weighted by atomic mass is 35.7. The van der Waals surface area contributed by atoms with Gasteiger partial charge >= 0.3 is 0 Å². The van der Waals surface area contributed by atoms with Gasteiger partial charge in [0.25, 0.3) is 0 Å². The fourth-order valence-corrected chi connectivity index (χ4v) is 1.25. The highest BCUT2D eigenvalue weighted by molar-refractivity contribution is 8.10. The van der Waals surface area contributed by atoms with E-state index in [4.69, 9.17) is 22.3 Å². The van der Waals surface area contributed by atoms with E-state index >= 15 is 0 Å². The van der Waals surface area contributed by atoms with Crippen molar-refractivity contribution in [1.82, 2.24) is 0 Å². The molecule has 1 nitrogen and oxygen atoms in total. The molecule has 4 heteroatoms. The smallest absolute Gasteiger partial charge is 0.140 e. The fraction of sp³-hybridized carbons (Fsp3) is 0. The van der Waals surface area contributed by atoms with E-state index in [1.165, 1.54) is 5.41 Å². The molecule has 0 aliphatic carbocycles. The Morgan fingerprint density at radius 2 is 1.83 bits per heavy atom. The maximum absolute atomic E-state index is 10.4. The monoisotopic (exact) mass is 220 g/mol. The van der Waals surface area contributed by atoms with Crippen molar-refractivity contribution in [2.24, 2.45) is 0 Å². The fourth-order valence-electron chi connectivity index (χ4n) is 0.706. The predicted octanol–water partition coefficient (Wildman–Crippen LogP) is 3.21. The highest BCUT2D eigenvalue weighted by Crippen LogP contribution is 2.11. The highest BCUT2D eigenvalue weighted by Gasteiger charge is 1.88. The van der Waals surface area contributed by atoms with E-state index in [0.29, 0.717) is 5.02 Å². The van der Waals surface area contributed by atoms with Crippen molar-refractivity contribution in [3.8, 4) is 0 Å². The predicted molar refractivity (Wildman–Crippen MR) is 54.5 cm³/mol. The Balaban J connectivity index is 2.77. The van der Waals surface area contributed by atoms with E-state index in [1.54, 1.807) is 18.2 Å². The Morgan fingerprint density at radius 1 is 1.25 bits per heavy atom. The zero-order valence-corrected chi connectivity index (χ0v) is 8.36. The molecule has 0 N–H and O–H groups in total. The van der Waals surface area contributed by atoms with Gasteiger partial charge in [0, 0.05) is 10.4 Å². The summed E-state index contributed by atoms with van der Waals surface area (Å²) in [5, 5.41) is 2.09. The van der Waals surface area contributed by atoms with Crippen LogP contribution in [0.5, 0.6) is 0 Å². The van der Waals surface area contributed by atoms with Crippen molar-refractivity contribution in [3.63, 3.8) is 0 Å². The van der Waals surface area contributed by atoms with E-state index in [2.05, 4.69) is 0 Å². The first kappa shape index (κ1) is 9.78. The summed E-state index contributed by atoms with van der Waals surface area (Å²) in [5.74, 6) is 0. The van der Waals surface area contributed by atoms with Crippen LogP contribution < -0.4 is 0 Å². The summed E-state index contributed by atoms with van der Waals surface area (Å²) in [6.07, 6.45) is 1.68. The van der Waals surface area contributed by atoms with E-state index in [-0.39, 0.29) is 0 Å². The minimum atomic E-state index is -1.41. The molecule has 1 rings (SSSR count). The van der Waals surface area contributed by atoms with Gasteiger partial charge in [-0.15, -0.1) is 0 Å². The molecule has 0 spiro atoms. The van der Waals surface area contributed by atoms with Crippen molar-refractivity contribution in [3.05, 3.63) is 40.3 Å². The average Bonchev–Trinajstić information content (AvgIpc) is 2.03. The van der Waals surface area contributed by atoms with Crippen molar-refractivity contribution in [1.29, 1.82) is 0 Å². The molecule has 0 radical (unpaired) electrons. The number of hydrogen-bond donors (Lipinski definition) is 0. The number of hydrogen-bond acceptors (Lipinski definition) is 1. The minimum Gasteiger partial charge on any atom is -0.238 e. The Labute approximate surface area is 83.0 Å². The summed E-state index contributed by atoms with van der Waals surface area (Å²) in [5.41, 5.74) is 0.924. The average molecular weight is 221 g/mol. The molecular weight excluding hydrogens is 215 g/mol. The molecule has 0 saturated carbocycles. The molecule has 1 aromatic carbocycles. The second-order valence-corrected chi connectivity index (χ2v) is 4.22. The number of benzene rings is 1.